The van der Waals surface area contributed by atoms with Gasteiger partial charge in [0.25, 0.3) is 0 Å². The van der Waals surface area contributed by atoms with Crippen LogP contribution >= 0.6 is 0 Å². The third-order valence-corrected chi connectivity index (χ3v) is 3.94. The van der Waals surface area contributed by atoms with Gasteiger partial charge in [0, 0.05) is 12.7 Å². The van der Waals surface area contributed by atoms with E-state index in [2.05, 4.69) is 20.3 Å². The van der Waals surface area contributed by atoms with Crippen LogP contribution in [0.25, 0.3) is 0 Å². The van der Waals surface area contributed by atoms with E-state index in [4.69, 9.17) is 5.26 Å². The van der Waals surface area contributed by atoms with Crippen molar-refractivity contribution in [1.29, 1.82) is 5.26 Å². The number of rotatable bonds is 4. The number of nitrogens with one attached hydrogen (secondary N) is 1. The Balaban J connectivity index is 1.67. The molecule has 3 heterocycles. The molecule has 2 aromatic rings. The summed E-state index contributed by atoms with van der Waals surface area (Å²) in [5.41, 5.74) is 1.94. The lowest BCUT2D eigenvalue weighted by Crippen LogP contribution is -2.47. The van der Waals surface area contributed by atoms with Crippen molar-refractivity contribution in [1.82, 2.24) is 19.9 Å². The Morgan fingerprint density at radius 3 is 2.96 bits per heavy atom. The molecule has 122 valence electrons. The van der Waals surface area contributed by atoms with Gasteiger partial charge in [0.05, 0.1) is 24.1 Å². The van der Waals surface area contributed by atoms with Crippen LogP contribution in [0.1, 0.15) is 30.1 Å². The molecule has 1 N–H and O–H groups in total. The van der Waals surface area contributed by atoms with Crippen LogP contribution in [-0.4, -0.2) is 38.3 Å². The number of amides is 1. The predicted octanol–water partition coefficient (Wildman–Crippen LogP) is 1.65. The van der Waals surface area contributed by atoms with Gasteiger partial charge in [-0.25, -0.2) is 15.0 Å². The minimum atomic E-state index is -0.281. The lowest BCUT2D eigenvalue weighted by atomic mass is 10.0. The number of hydrogen-bond donors (Lipinski definition) is 1. The summed E-state index contributed by atoms with van der Waals surface area (Å²) >= 11 is 0. The number of hydrogen-bond acceptors (Lipinski definition) is 6. The summed E-state index contributed by atoms with van der Waals surface area (Å²) in [7, 11) is 0. The molecule has 7 heteroatoms. The third-order valence-electron chi connectivity index (χ3n) is 3.94. The van der Waals surface area contributed by atoms with Crippen LogP contribution in [0.15, 0.2) is 30.6 Å². The number of likely N-dealkylation sites (tertiary alicyclic amines) is 1. The van der Waals surface area contributed by atoms with Gasteiger partial charge in [0.15, 0.2) is 0 Å². The number of aryl methyl sites for hydroxylation is 1. The van der Waals surface area contributed by atoms with Gasteiger partial charge >= 0.3 is 0 Å². The zero-order valence-corrected chi connectivity index (χ0v) is 13.4. The van der Waals surface area contributed by atoms with Crippen LogP contribution in [0.5, 0.6) is 0 Å². The fraction of sp³-hybridized carbons (Fsp3) is 0.353. The van der Waals surface area contributed by atoms with Gasteiger partial charge in [-0.1, -0.05) is 0 Å². The molecular weight excluding hydrogens is 304 g/mol. The largest absolute Gasteiger partial charge is 0.372 e. The Labute approximate surface area is 140 Å². The van der Waals surface area contributed by atoms with E-state index >= 15 is 0 Å². The predicted molar refractivity (Wildman–Crippen MR) is 87.8 cm³/mol. The average Bonchev–Trinajstić information content (AvgIpc) is 2.59. The fourth-order valence-electron chi connectivity index (χ4n) is 2.77. The number of nitrogens with zero attached hydrogens (tertiary/aromatic N) is 5. The third kappa shape index (κ3) is 3.66. The van der Waals surface area contributed by atoms with Crippen molar-refractivity contribution in [3.8, 4) is 6.07 Å². The van der Waals surface area contributed by atoms with Crippen molar-refractivity contribution in [2.24, 2.45) is 0 Å². The molecule has 1 aliphatic rings. The summed E-state index contributed by atoms with van der Waals surface area (Å²) in [5.74, 6) is 0.761. The van der Waals surface area contributed by atoms with Crippen LogP contribution < -0.4 is 5.32 Å². The summed E-state index contributed by atoms with van der Waals surface area (Å²) in [6.45, 7) is 3.06. The molecule has 1 aliphatic heterocycles. The molecule has 1 unspecified atom stereocenters. The molecule has 1 atom stereocenters. The summed E-state index contributed by atoms with van der Waals surface area (Å²) < 4.78 is 0. The molecule has 0 spiro atoms. The van der Waals surface area contributed by atoms with Gasteiger partial charge in [-0.15, -0.1) is 0 Å². The summed E-state index contributed by atoms with van der Waals surface area (Å²) in [5, 5.41) is 12.0. The van der Waals surface area contributed by atoms with E-state index in [-0.39, 0.29) is 11.9 Å². The van der Waals surface area contributed by atoms with Crippen molar-refractivity contribution in [3.63, 3.8) is 0 Å². The quantitative estimate of drug-likeness (QED) is 0.920. The van der Waals surface area contributed by atoms with Crippen molar-refractivity contribution < 1.29 is 4.79 Å². The maximum atomic E-state index is 12.7. The molecule has 1 fully saturated rings. The molecule has 7 nitrogen and oxygen atoms in total. The van der Waals surface area contributed by atoms with Gasteiger partial charge in [-0.2, -0.15) is 5.26 Å². The number of piperidine rings is 1. The van der Waals surface area contributed by atoms with E-state index in [9.17, 15) is 4.79 Å². The Morgan fingerprint density at radius 1 is 1.38 bits per heavy atom. The first-order chi connectivity index (χ1) is 11.7. The standard InChI is InChI=1S/C17H18N6O/c1-12-19-7-6-15(21-12)11-23-8-2-3-16(17(23)24)22-14-5-4-13(9-18)20-10-14/h4-7,10,16,22H,2-3,8,11H2,1H3. The average molecular weight is 322 g/mol. The van der Waals surface area contributed by atoms with Gasteiger partial charge in [0.1, 0.15) is 23.6 Å². The fourth-order valence-corrected chi connectivity index (χ4v) is 2.77. The Kier molecular flexibility index (Phi) is 4.66. The van der Waals surface area contributed by atoms with Crippen molar-refractivity contribution >= 4 is 11.6 Å². The number of anilines is 1. The first-order valence-electron chi connectivity index (χ1n) is 7.86. The van der Waals surface area contributed by atoms with Crippen molar-refractivity contribution in [3.05, 3.63) is 47.8 Å². The second-order valence-corrected chi connectivity index (χ2v) is 5.74. The Hall–Kier alpha value is -3.01. The lowest BCUT2D eigenvalue weighted by molar-refractivity contribution is -0.134. The molecule has 1 saturated heterocycles. The van der Waals surface area contributed by atoms with Crippen LogP contribution in [0.2, 0.25) is 0 Å². The molecule has 24 heavy (non-hydrogen) atoms. The Bertz CT molecular complexity index is 767. The number of nitriles is 1. The highest BCUT2D eigenvalue weighted by Gasteiger charge is 2.28. The number of pyridine rings is 1. The molecule has 0 aliphatic carbocycles. The zero-order chi connectivity index (χ0) is 16.9. The smallest absolute Gasteiger partial charge is 0.245 e. The van der Waals surface area contributed by atoms with Gasteiger partial charge in [-0.05, 0) is 38.0 Å². The number of carbonyl (C=O) groups excluding carboxylic acids is 1. The van der Waals surface area contributed by atoms with Gasteiger partial charge in [-0.3, -0.25) is 4.79 Å². The molecule has 0 saturated carbocycles. The van der Waals surface area contributed by atoms with E-state index in [1.165, 1.54) is 0 Å². The van der Waals surface area contributed by atoms with Crippen LogP contribution in [0.4, 0.5) is 5.69 Å². The van der Waals surface area contributed by atoms with E-state index < -0.39 is 0 Å². The minimum Gasteiger partial charge on any atom is -0.372 e. The van der Waals surface area contributed by atoms with E-state index in [1.807, 2.05) is 24.0 Å². The molecule has 2 aromatic heterocycles. The maximum Gasteiger partial charge on any atom is 0.245 e. The summed E-state index contributed by atoms with van der Waals surface area (Å²) in [4.78, 5) is 27.0. The van der Waals surface area contributed by atoms with Gasteiger partial charge in [0.2, 0.25) is 5.91 Å². The van der Waals surface area contributed by atoms with Crippen molar-refractivity contribution in [2.75, 3.05) is 11.9 Å². The van der Waals surface area contributed by atoms with E-state index in [0.717, 1.165) is 30.8 Å². The molecule has 0 aromatic carbocycles. The molecule has 0 bridgehead atoms. The second kappa shape index (κ2) is 7.04. The van der Waals surface area contributed by atoms with Gasteiger partial charge < -0.3 is 10.2 Å². The molecular formula is C17H18N6O. The normalized spacial score (nSPS) is 17.4. The van der Waals surface area contributed by atoms with Crippen LogP contribution in [0.3, 0.4) is 0 Å². The monoisotopic (exact) mass is 322 g/mol. The highest BCUT2D eigenvalue weighted by atomic mass is 16.2. The number of carbonyl (C=O) groups is 1. The zero-order valence-electron chi connectivity index (χ0n) is 13.4. The molecule has 0 radical (unpaired) electrons. The highest BCUT2D eigenvalue weighted by molar-refractivity contribution is 5.85. The van der Waals surface area contributed by atoms with Crippen LogP contribution in [0, 0.1) is 18.3 Å². The maximum absolute atomic E-state index is 12.7. The van der Waals surface area contributed by atoms with Crippen molar-refractivity contribution in [2.45, 2.75) is 32.4 Å². The summed E-state index contributed by atoms with van der Waals surface area (Å²) in [6, 6.07) is 6.94. The minimum absolute atomic E-state index is 0.0573. The Morgan fingerprint density at radius 2 is 2.25 bits per heavy atom. The number of aromatic nitrogens is 3. The first kappa shape index (κ1) is 15.9. The topological polar surface area (TPSA) is 94.8 Å². The van der Waals surface area contributed by atoms with Crippen LogP contribution in [-0.2, 0) is 11.3 Å². The van der Waals surface area contributed by atoms with E-state index in [1.54, 1.807) is 24.5 Å². The van der Waals surface area contributed by atoms with E-state index in [0.29, 0.717) is 18.1 Å². The molecule has 3 rings (SSSR count). The molecule has 1 amide bonds. The first-order valence-corrected chi connectivity index (χ1v) is 7.86. The SMILES string of the molecule is Cc1nccc(CN2CCCC(Nc3ccc(C#N)nc3)C2=O)n1. The second-order valence-electron chi connectivity index (χ2n) is 5.74. The summed E-state index contributed by atoms with van der Waals surface area (Å²) in [6.07, 6.45) is 5.00. The lowest BCUT2D eigenvalue weighted by Gasteiger charge is -2.32. The highest BCUT2D eigenvalue weighted by Crippen LogP contribution is 2.18.